The van der Waals surface area contributed by atoms with Crippen LogP contribution in [-0.2, 0) is 10.0 Å². The number of hydrogen-bond donors (Lipinski definition) is 2. The normalized spacial score (nSPS) is 14.4. The summed E-state index contributed by atoms with van der Waals surface area (Å²) in [6, 6.07) is 17.5. The number of anilines is 3. The van der Waals surface area contributed by atoms with Gasteiger partial charge in [-0.2, -0.15) is 0 Å². The van der Waals surface area contributed by atoms with Crippen LogP contribution >= 0.6 is 23.2 Å². The van der Waals surface area contributed by atoms with Crippen molar-refractivity contribution in [1.29, 1.82) is 0 Å². The third-order valence-electron chi connectivity index (χ3n) is 4.86. The Hall–Kier alpha value is -3.07. The smallest absolute Gasteiger partial charge is 0.255 e. The van der Waals surface area contributed by atoms with Crippen LogP contribution in [0.5, 0.6) is 0 Å². The summed E-state index contributed by atoms with van der Waals surface area (Å²) in [5.41, 5.74) is 1.99. The minimum Gasteiger partial charge on any atom is -0.322 e. The fraction of sp³-hybridized carbons (Fsp3) is 0.0909. The van der Waals surface area contributed by atoms with Crippen molar-refractivity contribution < 1.29 is 18.0 Å². The molecule has 164 valence electrons. The molecular formula is C22H17Cl2N3O4S. The van der Waals surface area contributed by atoms with Gasteiger partial charge in [0, 0.05) is 28.4 Å². The van der Waals surface area contributed by atoms with Crippen LogP contribution in [0.3, 0.4) is 0 Å². The van der Waals surface area contributed by atoms with Gasteiger partial charge in [0.2, 0.25) is 10.0 Å². The molecule has 7 nitrogen and oxygen atoms in total. The van der Waals surface area contributed by atoms with Crippen molar-refractivity contribution in [2.75, 3.05) is 27.2 Å². The average Bonchev–Trinajstić information content (AvgIpc) is 2.76. The molecule has 0 spiro atoms. The molecule has 3 aromatic carbocycles. The van der Waals surface area contributed by atoms with E-state index in [1.54, 1.807) is 60.7 Å². The van der Waals surface area contributed by atoms with Crippen LogP contribution in [0, 0.1) is 0 Å². The Balaban J connectivity index is 1.46. The van der Waals surface area contributed by atoms with Gasteiger partial charge in [0.1, 0.15) is 0 Å². The Morgan fingerprint density at radius 2 is 1.56 bits per heavy atom. The van der Waals surface area contributed by atoms with Gasteiger partial charge in [-0.3, -0.25) is 13.9 Å². The Morgan fingerprint density at radius 1 is 0.844 bits per heavy atom. The molecule has 0 atom stereocenters. The second-order valence-corrected chi connectivity index (χ2v) is 9.90. The molecule has 1 heterocycles. The van der Waals surface area contributed by atoms with Gasteiger partial charge in [-0.15, -0.1) is 0 Å². The first-order chi connectivity index (χ1) is 15.2. The van der Waals surface area contributed by atoms with Crippen LogP contribution in [0.15, 0.2) is 66.7 Å². The molecule has 0 unspecified atom stereocenters. The molecule has 4 rings (SSSR count). The lowest BCUT2D eigenvalue weighted by Gasteiger charge is -2.32. The molecule has 2 amide bonds. The summed E-state index contributed by atoms with van der Waals surface area (Å²) in [6.07, 6.45) is 0. The number of carbonyl (C=O) groups is 2. The van der Waals surface area contributed by atoms with E-state index in [4.69, 9.17) is 23.2 Å². The standard InChI is InChI=1S/C22H17Cl2N3O4S/c23-16-3-1-2-15(12-16)22(29)26-20-13-17(6-9-19(20)24)25-21(28)14-4-7-18(8-5-14)27-10-11-32(27,30)31/h1-9,12-13H,10-11H2,(H,25,28)(H,26,29). The molecule has 1 aliphatic heterocycles. The van der Waals surface area contributed by atoms with Crippen LogP contribution in [0.4, 0.5) is 17.1 Å². The van der Waals surface area contributed by atoms with E-state index in [1.807, 2.05) is 0 Å². The van der Waals surface area contributed by atoms with Gasteiger partial charge >= 0.3 is 0 Å². The molecule has 1 aliphatic rings. The van der Waals surface area contributed by atoms with Crippen molar-refractivity contribution in [2.24, 2.45) is 0 Å². The molecule has 32 heavy (non-hydrogen) atoms. The molecule has 1 fully saturated rings. The number of nitrogens with one attached hydrogen (secondary N) is 2. The summed E-state index contributed by atoms with van der Waals surface area (Å²) >= 11 is 12.1. The predicted octanol–water partition coefficient (Wildman–Crippen LogP) is 4.65. The Kier molecular flexibility index (Phi) is 6.10. The van der Waals surface area contributed by atoms with Crippen molar-refractivity contribution in [2.45, 2.75) is 0 Å². The second-order valence-electron chi connectivity index (χ2n) is 7.05. The van der Waals surface area contributed by atoms with E-state index in [2.05, 4.69) is 10.6 Å². The van der Waals surface area contributed by atoms with Crippen molar-refractivity contribution in [3.8, 4) is 0 Å². The van der Waals surface area contributed by atoms with Gasteiger partial charge in [-0.1, -0.05) is 29.3 Å². The number of hydrogen-bond acceptors (Lipinski definition) is 4. The fourth-order valence-corrected chi connectivity index (χ4v) is 4.59. The molecule has 1 saturated heterocycles. The fourth-order valence-electron chi connectivity index (χ4n) is 3.13. The van der Waals surface area contributed by atoms with Gasteiger partial charge in [0.05, 0.1) is 22.2 Å². The van der Waals surface area contributed by atoms with Gasteiger partial charge in [0.25, 0.3) is 11.8 Å². The number of rotatable bonds is 5. The zero-order valence-electron chi connectivity index (χ0n) is 16.5. The van der Waals surface area contributed by atoms with E-state index in [-0.39, 0.29) is 5.75 Å². The van der Waals surface area contributed by atoms with Gasteiger partial charge in [0.15, 0.2) is 0 Å². The van der Waals surface area contributed by atoms with Crippen LogP contribution < -0.4 is 14.9 Å². The molecule has 2 N–H and O–H groups in total. The van der Waals surface area contributed by atoms with E-state index in [1.165, 1.54) is 10.4 Å². The second kappa shape index (κ2) is 8.82. The number of halogens is 2. The van der Waals surface area contributed by atoms with E-state index in [0.29, 0.717) is 44.8 Å². The topological polar surface area (TPSA) is 95.6 Å². The Bertz CT molecular complexity index is 1310. The quantitative estimate of drug-likeness (QED) is 0.545. The van der Waals surface area contributed by atoms with Crippen molar-refractivity contribution >= 4 is 62.1 Å². The number of benzene rings is 3. The monoisotopic (exact) mass is 489 g/mol. The first-order valence-electron chi connectivity index (χ1n) is 9.51. The summed E-state index contributed by atoms with van der Waals surface area (Å²) in [5.74, 6) is -0.658. The highest BCUT2D eigenvalue weighted by atomic mass is 35.5. The first kappa shape index (κ1) is 22.1. The minimum atomic E-state index is -3.22. The van der Waals surface area contributed by atoms with Crippen molar-refractivity contribution in [3.63, 3.8) is 0 Å². The maximum atomic E-state index is 12.6. The van der Waals surface area contributed by atoms with Gasteiger partial charge < -0.3 is 10.6 Å². The summed E-state index contributed by atoms with van der Waals surface area (Å²) in [4.78, 5) is 25.1. The number of amides is 2. The minimum absolute atomic E-state index is 0.127. The van der Waals surface area contributed by atoms with E-state index in [0.717, 1.165) is 0 Å². The summed E-state index contributed by atoms with van der Waals surface area (Å²) in [7, 11) is -3.22. The Labute approximate surface area is 195 Å². The highest BCUT2D eigenvalue weighted by Gasteiger charge is 2.32. The molecule has 3 aromatic rings. The summed E-state index contributed by atoms with van der Waals surface area (Å²) < 4.78 is 24.7. The van der Waals surface area contributed by atoms with Crippen molar-refractivity contribution in [3.05, 3.63) is 87.9 Å². The third kappa shape index (κ3) is 4.72. The van der Waals surface area contributed by atoms with Crippen LogP contribution in [0.2, 0.25) is 10.0 Å². The highest BCUT2D eigenvalue weighted by Crippen LogP contribution is 2.28. The van der Waals surface area contributed by atoms with Crippen LogP contribution in [0.1, 0.15) is 20.7 Å². The zero-order valence-corrected chi connectivity index (χ0v) is 18.8. The molecule has 0 aliphatic carbocycles. The number of nitrogens with zero attached hydrogens (tertiary/aromatic N) is 1. The predicted molar refractivity (Wildman–Crippen MR) is 126 cm³/mol. The van der Waals surface area contributed by atoms with Gasteiger partial charge in [-0.05, 0) is 60.7 Å². The van der Waals surface area contributed by atoms with E-state index < -0.39 is 21.8 Å². The summed E-state index contributed by atoms with van der Waals surface area (Å²) in [5, 5.41) is 6.18. The van der Waals surface area contributed by atoms with Crippen molar-refractivity contribution in [1.82, 2.24) is 0 Å². The molecular weight excluding hydrogens is 473 g/mol. The molecule has 0 saturated carbocycles. The lowest BCUT2D eigenvalue weighted by molar-refractivity contribution is 0.101. The third-order valence-corrected chi connectivity index (χ3v) is 7.19. The largest absolute Gasteiger partial charge is 0.322 e. The molecule has 0 aromatic heterocycles. The highest BCUT2D eigenvalue weighted by molar-refractivity contribution is 7.94. The maximum absolute atomic E-state index is 12.6. The first-order valence-corrected chi connectivity index (χ1v) is 11.9. The average molecular weight is 490 g/mol. The van der Waals surface area contributed by atoms with Crippen LogP contribution in [0.25, 0.3) is 0 Å². The SMILES string of the molecule is O=C(Nc1ccc(Cl)c(NC(=O)c2cccc(Cl)c2)c1)c1ccc(N2CCS2(=O)=O)cc1. The molecule has 0 bridgehead atoms. The maximum Gasteiger partial charge on any atom is 0.255 e. The van der Waals surface area contributed by atoms with E-state index >= 15 is 0 Å². The van der Waals surface area contributed by atoms with Crippen LogP contribution in [-0.4, -0.2) is 32.5 Å². The summed E-state index contributed by atoms with van der Waals surface area (Å²) in [6.45, 7) is 0.433. The zero-order chi connectivity index (χ0) is 22.9. The molecule has 0 radical (unpaired) electrons. The number of sulfonamides is 1. The lowest BCUT2D eigenvalue weighted by atomic mass is 10.1. The number of carbonyl (C=O) groups excluding carboxylic acids is 2. The lowest BCUT2D eigenvalue weighted by Crippen LogP contribution is -2.47. The Morgan fingerprint density at radius 3 is 2.19 bits per heavy atom. The molecule has 10 heteroatoms. The van der Waals surface area contributed by atoms with E-state index in [9.17, 15) is 18.0 Å². The van der Waals surface area contributed by atoms with Gasteiger partial charge in [-0.25, -0.2) is 8.42 Å².